The van der Waals surface area contributed by atoms with E-state index in [2.05, 4.69) is 28.9 Å². The van der Waals surface area contributed by atoms with Crippen molar-refractivity contribution < 1.29 is 9.66 Å². The largest absolute Gasteiger partial charge is 0.497 e. The maximum atomic E-state index is 11.5. The van der Waals surface area contributed by atoms with Gasteiger partial charge in [0.1, 0.15) is 5.75 Å². The number of fused-ring (bicyclic) bond motifs is 4. The number of methoxy groups -OCH3 is 1. The van der Waals surface area contributed by atoms with Gasteiger partial charge in [0.05, 0.1) is 19.2 Å². The molecule has 0 amide bonds. The fraction of sp³-hybridized carbons (Fsp3) is 0.550. The Labute approximate surface area is 153 Å². The van der Waals surface area contributed by atoms with Crippen LogP contribution in [-0.2, 0) is 6.42 Å². The third kappa shape index (κ3) is 2.92. The molecular formula is C20H25N3O3. The first-order valence-corrected chi connectivity index (χ1v) is 9.40. The maximum Gasteiger partial charge on any atom is 0.228 e. The molecule has 6 nitrogen and oxygen atoms in total. The number of hydrogen-bond donors (Lipinski definition) is 0. The molecule has 26 heavy (non-hydrogen) atoms. The third-order valence-corrected chi connectivity index (χ3v) is 6.34. The summed E-state index contributed by atoms with van der Waals surface area (Å²) < 4.78 is 5.30. The van der Waals surface area contributed by atoms with Gasteiger partial charge in [-0.25, -0.2) is 0 Å². The molecule has 0 saturated carbocycles. The average Bonchev–Trinajstić information content (AvgIpc) is 2.67. The molecule has 0 N–H and O–H groups in total. The number of pyridine rings is 1. The molecule has 2 bridgehead atoms. The highest BCUT2D eigenvalue weighted by Crippen LogP contribution is 2.40. The number of hydrogen-bond acceptors (Lipinski definition) is 5. The zero-order valence-electron chi connectivity index (χ0n) is 15.3. The Morgan fingerprint density at radius 3 is 2.88 bits per heavy atom. The van der Waals surface area contributed by atoms with Crippen LogP contribution in [0.2, 0.25) is 0 Å². The van der Waals surface area contributed by atoms with Crippen molar-refractivity contribution >= 4 is 10.9 Å². The average molecular weight is 355 g/mol. The fourth-order valence-electron chi connectivity index (χ4n) is 4.93. The van der Waals surface area contributed by atoms with Crippen molar-refractivity contribution in [2.45, 2.75) is 38.3 Å². The van der Waals surface area contributed by atoms with Gasteiger partial charge in [-0.05, 0) is 42.5 Å². The standard InChI is InChI=1S/C20H25N3O3/c1-3-13-11-22-12-20(23(24)25)18(13)9-15(22)8-14-6-7-21-19-10-16(26-2)4-5-17(14)19/h4-7,10,13,15,18,20H,3,8-9,11-12H2,1-2H3/t13-,15+,18-,20?/m0/s1. The van der Waals surface area contributed by atoms with Crippen LogP contribution in [0.25, 0.3) is 10.9 Å². The van der Waals surface area contributed by atoms with Crippen LogP contribution in [0.3, 0.4) is 0 Å². The van der Waals surface area contributed by atoms with Crippen LogP contribution in [0.5, 0.6) is 5.75 Å². The molecule has 2 aromatic rings. The minimum absolute atomic E-state index is 0.0518. The van der Waals surface area contributed by atoms with E-state index in [1.54, 1.807) is 7.11 Å². The Hall–Kier alpha value is -2.21. The Morgan fingerprint density at radius 1 is 1.35 bits per heavy atom. The molecule has 4 heterocycles. The Morgan fingerprint density at radius 2 is 2.19 bits per heavy atom. The molecule has 0 radical (unpaired) electrons. The van der Waals surface area contributed by atoms with Crippen LogP contribution < -0.4 is 4.74 Å². The smallest absolute Gasteiger partial charge is 0.228 e. The second-order valence-corrected chi connectivity index (χ2v) is 7.59. The molecule has 0 spiro atoms. The van der Waals surface area contributed by atoms with E-state index in [1.807, 2.05) is 18.3 Å². The second kappa shape index (κ2) is 6.83. The minimum atomic E-state index is -0.400. The van der Waals surface area contributed by atoms with Crippen molar-refractivity contribution in [1.82, 2.24) is 9.88 Å². The van der Waals surface area contributed by atoms with Crippen LogP contribution in [0.1, 0.15) is 25.3 Å². The summed E-state index contributed by atoms with van der Waals surface area (Å²) in [4.78, 5) is 18.2. The van der Waals surface area contributed by atoms with Crippen LogP contribution in [-0.4, -0.2) is 47.1 Å². The van der Waals surface area contributed by atoms with Crippen LogP contribution in [0, 0.1) is 22.0 Å². The number of nitro groups is 1. The van der Waals surface area contributed by atoms with Gasteiger partial charge in [0, 0.05) is 41.1 Å². The lowest BCUT2D eigenvalue weighted by molar-refractivity contribution is -0.543. The number of piperidine rings is 3. The molecule has 2 unspecified atom stereocenters. The summed E-state index contributed by atoms with van der Waals surface area (Å²) in [6.07, 6.45) is 4.71. The normalized spacial score (nSPS) is 30.5. The first kappa shape index (κ1) is 17.2. The van der Waals surface area contributed by atoms with Crippen LogP contribution >= 0.6 is 0 Å². The molecule has 5 atom stereocenters. The first-order valence-electron chi connectivity index (χ1n) is 9.40. The molecule has 3 aliphatic rings. The number of aromatic nitrogens is 1. The minimum Gasteiger partial charge on any atom is -0.497 e. The van der Waals surface area contributed by atoms with Gasteiger partial charge in [0.15, 0.2) is 0 Å². The maximum absolute atomic E-state index is 11.5. The summed E-state index contributed by atoms with van der Waals surface area (Å²) >= 11 is 0. The molecule has 6 heteroatoms. The van der Waals surface area contributed by atoms with Gasteiger partial charge in [0.25, 0.3) is 0 Å². The van der Waals surface area contributed by atoms with E-state index in [0.717, 1.165) is 42.5 Å². The quantitative estimate of drug-likeness (QED) is 0.609. The summed E-state index contributed by atoms with van der Waals surface area (Å²) in [5.41, 5.74) is 2.20. The van der Waals surface area contributed by atoms with Crippen molar-refractivity contribution in [3.8, 4) is 5.75 Å². The summed E-state index contributed by atoms with van der Waals surface area (Å²) in [5.74, 6) is 1.47. The molecule has 3 fully saturated rings. The highest BCUT2D eigenvalue weighted by Gasteiger charge is 2.50. The van der Waals surface area contributed by atoms with Gasteiger partial charge in [-0.3, -0.25) is 20.0 Å². The predicted molar refractivity (Wildman–Crippen MR) is 100 cm³/mol. The summed E-state index contributed by atoms with van der Waals surface area (Å²) in [7, 11) is 1.66. The lowest BCUT2D eigenvalue weighted by atomic mass is 9.71. The molecule has 138 valence electrons. The Bertz CT molecular complexity index is 825. The Kier molecular flexibility index (Phi) is 4.53. The molecule has 1 aromatic heterocycles. The number of ether oxygens (including phenoxy) is 1. The highest BCUT2D eigenvalue weighted by atomic mass is 16.6. The number of rotatable bonds is 5. The van der Waals surface area contributed by atoms with Gasteiger partial charge in [0.2, 0.25) is 6.04 Å². The SMILES string of the molecule is CC[C@H]1CN2CC([N+](=O)[O-])[C@H]1C[C@H]2Cc1ccnc2cc(OC)ccc12. The first-order chi connectivity index (χ1) is 12.6. The second-order valence-electron chi connectivity index (χ2n) is 7.59. The van der Waals surface area contributed by atoms with E-state index in [1.165, 1.54) is 5.56 Å². The van der Waals surface area contributed by atoms with Crippen molar-refractivity contribution in [2.24, 2.45) is 11.8 Å². The van der Waals surface area contributed by atoms with E-state index in [-0.39, 0.29) is 10.8 Å². The predicted octanol–water partition coefficient (Wildman–Crippen LogP) is 3.16. The lowest BCUT2D eigenvalue weighted by Gasteiger charge is -2.50. The van der Waals surface area contributed by atoms with E-state index < -0.39 is 6.04 Å². The molecule has 1 aromatic carbocycles. The summed E-state index contributed by atoms with van der Waals surface area (Å²) in [5, 5.41) is 12.6. The van der Waals surface area contributed by atoms with Crippen molar-refractivity contribution in [2.75, 3.05) is 20.2 Å². The van der Waals surface area contributed by atoms with Crippen LogP contribution in [0.15, 0.2) is 30.5 Å². The molecule has 5 rings (SSSR count). The molecule has 3 saturated heterocycles. The van der Waals surface area contributed by atoms with Crippen molar-refractivity contribution in [3.63, 3.8) is 0 Å². The van der Waals surface area contributed by atoms with Crippen molar-refractivity contribution in [3.05, 3.63) is 46.1 Å². The van der Waals surface area contributed by atoms with Gasteiger partial charge < -0.3 is 4.74 Å². The van der Waals surface area contributed by atoms with E-state index in [4.69, 9.17) is 4.74 Å². The zero-order valence-corrected chi connectivity index (χ0v) is 15.3. The van der Waals surface area contributed by atoms with Gasteiger partial charge in [-0.1, -0.05) is 13.3 Å². The fourth-order valence-corrected chi connectivity index (χ4v) is 4.93. The Balaban J connectivity index is 1.59. The van der Waals surface area contributed by atoms with E-state index >= 15 is 0 Å². The summed E-state index contributed by atoms with van der Waals surface area (Å²) in [6.45, 7) is 3.74. The molecular weight excluding hydrogens is 330 g/mol. The van der Waals surface area contributed by atoms with Gasteiger partial charge >= 0.3 is 0 Å². The molecule has 3 aliphatic heterocycles. The highest BCUT2D eigenvalue weighted by molar-refractivity contribution is 5.83. The zero-order chi connectivity index (χ0) is 18.3. The summed E-state index contributed by atoms with van der Waals surface area (Å²) in [6, 6.07) is 8.07. The number of benzene rings is 1. The monoisotopic (exact) mass is 355 g/mol. The van der Waals surface area contributed by atoms with E-state index in [9.17, 15) is 10.1 Å². The van der Waals surface area contributed by atoms with Gasteiger partial charge in [-0.2, -0.15) is 0 Å². The third-order valence-electron chi connectivity index (χ3n) is 6.34. The van der Waals surface area contributed by atoms with Gasteiger partial charge in [-0.15, -0.1) is 0 Å². The van der Waals surface area contributed by atoms with E-state index in [0.29, 0.717) is 18.5 Å². The van der Waals surface area contributed by atoms with Crippen molar-refractivity contribution in [1.29, 1.82) is 0 Å². The topological polar surface area (TPSA) is 68.5 Å². The number of nitrogens with zero attached hydrogens (tertiary/aromatic N) is 3. The lowest BCUT2D eigenvalue weighted by Crippen LogP contribution is -2.62. The molecule has 0 aliphatic carbocycles. The van der Waals surface area contributed by atoms with Crippen LogP contribution in [0.4, 0.5) is 0 Å².